The third-order valence-corrected chi connectivity index (χ3v) is 4.43. The largest absolute Gasteiger partial charge is 0.494 e. The predicted molar refractivity (Wildman–Crippen MR) is 109 cm³/mol. The monoisotopic (exact) mass is 414 g/mol. The van der Waals surface area contributed by atoms with E-state index in [1.165, 1.54) is 18.2 Å². The molecule has 1 aromatic heterocycles. The molecule has 2 N–H and O–H groups in total. The molecule has 1 amide bonds. The van der Waals surface area contributed by atoms with Gasteiger partial charge in [-0.2, -0.15) is 9.78 Å². The van der Waals surface area contributed by atoms with Crippen molar-refractivity contribution in [2.75, 3.05) is 13.2 Å². The normalized spacial score (nSPS) is 10.6. The second-order valence-electron chi connectivity index (χ2n) is 6.06. The quantitative estimate of drug-likeness (QED) is 0.614. The van der Waals surface area contributed by atoms with Gasteiger partial charge in [-0.15, -0.1) is 0 Å². The van der Waals surface area contributed by atoms with Crippen molar-refractivity contribution in [1.29, 1.82) is 0 Å². The maximum absolute atomic E-state index is 12.6. The van der Waals surface area contributed by atoms with E-state index in [9.17, 15) is 14.4 Å². The number of benzene rings is 2. The highest BCUT2D eigenvalue weighted by molar-refractivity contribution is 6.33. The van der Waals surface area contributed by atoms with Gasteiger partial charge in [0, 0.05) is 6.54 Å². The van der Waals surface area contributed by atoms with Gasteiger partial charge in [0.05, 0.1) is 22.9 Å². The molecule has 0 saturated heterocycles. The molecule has 0 aliphatic rings. The number of aromatic nitrogens is 3. The summed E-state index contributed by atoms with van der Waals surface area (Å²) in [7, 11) is 0. The number of ether oxygens (including phenoxy) is 1. The fourth-order valence-corrected chi connectivity index (χ4v) is 2.97. The highest BCUT2D eigenvalue weighted by Crippen LogP contribution is 2.20. The molecule has 1 heterocycles. The summed E-state index contributed by atoms with van der Waals surface area (Å²) >= 11 is 6.16. The van der Waals surface area contributed by atoms with E-state index in [4.69, 9.17) is 16.3 Å². The van der Waals surface area contributed by atoms with Gasteiger partial charge in [0.15, 0.2) is 0 Å². The van der Waals surface area contributed by atoms with Crippen LogP contribution < -0.4 is 21.3 Å². The zero-order valence-electron chi connectivity index (χ0n) is 15.6. The minimum absolute atomic E-state index is 0.196. The summed E-state index contributed by atoms with van der Waals surface area (Å²) in [6.07, 6.45) is 1.56. The molecular formula is C20H19ClN4O4. The van der Waals surface area contributed by atoms with Crippen LogP contribution in [0.15, 0.2) is 58.3 Å². The topological polar surface area (TPSA) is 106 Å². The standard InChI is InChI=1S/C20H19ClN4O4/c1-2-29-17-6-4-3-5-13(17)9-10-22-19(27)15-11-14(7-8-16(15)21)25-20(28)24-18(26)12-23-25/h3-8,11-12H,2,9-10H2,1H3,(H,22,27)(H,24,26,28). The summed E-state index contributed by atoms with van der Waals surface area (Å²) < 4.78 is 6.56. The Labute approximate surface area is 171 Å². The van der Waals surface area contributed by atoms with E-state index in [1.807, 2.05) is 31.2 Å². The number of H-pyrrole nitrogens is 1. The first-order valence-corrected chi connectivity index (χ1v) is 9.35. The summed E-state index contributed by atoms with van der Waals surface area (Å²) in [5.41, 5.74) is 0.173. The summed E-state index contributed by atoms with van der Waals surface area (Å²) in [4.78, 5) is 37.8. The maximum atomic E-state index is 12.6. The van der Waals surface area contributed by atoms with Gasteiger partial charge in [-0.05, 0) is 43.2 Å². The Morgan fingerprint density at radius 2 is 2.03 bits per heavy atom. The van der Waals surface area contributed by atoms with Crippen molar-refractivity contribution in [3.05, 3.63) is 85.6 Å². The van der Waals surface area contributed by atoms with Crippen molar-refractivity contribution in [2.24, 2.45) is 0 Å². The number of carbonyl (C=O) groups excluding carboxylic acids is 1. The van der Waals surface area contributed by atoms with Crippen LogP contribution in [0.4, 0.5) is 0 Å². The lowest BCUT2D eigenvalue weighted by atomic mass is 10.1. The van der Waals surface area contributed by atoms with Gasteiger partial charge in [-0.1, -0.05) is 29.8 Å². The van der Waals surface area contributed by atoms with Crippen LogP contribution in [0.25, 0.3) is 5.69 Å². The summed E-state index contributed by atoms with van der Waals surface area (Å²) in [5.74, 6) is 0.399. The first-order chi connectivity index (χ1) is 14.0. The number of amides is 1. The zero-order valence-corrected chi connectivity index (χ0v) is 16.4. The summed E-state index contributed by atoms with van der Waals surface area (Å²) in [6.45, 7) is 2.85. The molecule has 0 spiro atoms. The lowest BCUT2D eigenvalue weighted by molar-refractivity contribution is 0.0954. The average Bonchev–Trinajstić information content (AvgIpc) is 2.70. The van der Waals surface area contributed by atoms with Gasteiger partial charge in [-0.25, -0.2) is 4.79 Å². The number of carbonyl (C=O) groups is 1. The van der Waals surface area contributed by atoms with Crippen LogP contribution in [0, 0.1) is 0 Å². The smallest absolute Gasteiger partial charge is 0.349 e. The molecule has 0 fully saturated rings. The minimum Gasteiger partial charge on any atom is -0.494 e. The second kappa shape index (κ2) is 9.20. The fourth-order valence-electron chi connectivity index (χ4n) is 2.77. The zero-order chi connectivity index (χ0) is 20.8. The van der Waals surface area contributed by atoms with Crippen LogP contribution in [-0.4, -0.2) is 33.8 Å². The predicted octanol–water partition coefficient (Wildman–Crippen LogP) is 1.95. The summed E-state index contributed by atoms with van der Waals surface area (Å²) in [5, 5.41) is 6.83. The molecule has 8 nitrogen and oxygen atoms in total. The van der Waals surface area contributed by atoms with Gasteiger partial charge < -0.3 is 10.1 Å². The highest BCUT2D eigenvalue weighted by Gasteiger charge is 2.13. The van der Waals surface area contributed by atoms with Crippen LogP contribution in [0.2, 0.25) is 5.02 Å². The van der Waals surface area contributed by atoms with E-state index in [0.29, 0.717) is 25.3 Å². The number of aromatic amines is 1. The molecule has 2 aromatic carbocycles. The van der Waals surface area contributed by atoms with Gasteiger partial charge in [0.25, 0.3) is 11.5 Å². The molecular weight excluding hydrogens is 396 g/mol. The van der Waals surface area contributed by atoms with Crippen LogP contribution in [0.3, 0.4) is 0 Å². The average molecular weight is 415 g/mol. The molecule has 0 saturated carbocycles. The molecule has 29 heavy (non-hydrogen) atoms. The highest BCUT2D eigenvalue weighted by atomic mass is 35.5. The van der Waals surface area contributed by atoms with Crippen LogP contribution in [0.5, 0.6) is 5.75 Å². The lowest BCUT2D eigenvalue weighted by Gasteiger charge is -2.12. The molecule has 0 aliphatic carbocycles. The molecule has 0 atom stereocenters. The molecule has 0 aliphatic heterocycles. The number of rotatable bonds is 7. The first kappa shape index (κ1) is 20.3. The van der Waals surface area contributed by atoms with E-state index in [0.717, 1.165) is 22.2 Å². The van der Waals surface area contributed by atoms with Crippen LogP contribution in [-0.2, 0) is 6.42 Å². The number of para-hydroxylation sites is 1. The number of halogens is 1. The minimum atomic E-state index is -0.710. The van der Waals surface area contributed by atoms with E-state index < -0.39 is 11.2 Å². The Balaban J connectivity index is 1.74. The number of hydrogen-bond acceptors (Lipinski definition) is 5. The number of nitrogens with one attached hydrogen (secondary N) is 2. The fraction of sp³-hybridized carbons (Fsp3) is 0.200. The molecule has 0 bridgehead atoms. The number of nitrogens with zero attached hydrogens (tertiary/aromatic N) is 2. The van der Waals surface area contributed by atoms with E-state index in [1.54, 1.807) is 0 Å². The summed E-state index contributed by atoms with van der Waals surface area (Å²) in [6, 6.07) is 12.1. The Morgan fingerprint density at radius 3 is 2.79 bits per heavy atom. The first-order valence-electron chi connectivity index (χ1n) is 8.97. The van der Waals surface area contributed by atoms with Crippen molar-refractivity contribution in [3.8, 4) is 11.4 Å². The van der Waals surface area contributed by atoms with Gasteiger partial charge in [0.1, 0.15) is 11.9 Å². The Morgan fingerprint density at radius 1 is 1.24 bits per heavy atom. The SMILES string of the molecule is CCOc1ccccc1CCNC(=O)c1cc(-n2ncc(=O)[nH]c2=O)ccc1Cl. The molecule has 0 unspecified atom stereocenters. The van der Waals surface area contributed by atoms with Crippen LogP contribution in [0.1, 0.15) is 22.8 Å². The molecule has 150 valence electrons. The van der Waals surface area contributed by atoms with Crippen molar-refractivity contribution in [3.63, 3.8) is 0 Å². The third kappa shape index (κ3) is 4.91. The Kier molecular flexibility index (Phi) is 6.46. The molecule has 9 heteroatoms. The van der Waals surface area contributed by atoms with Crippen molar-refractivity contribution in [1.82, 2.24) is 20.1 Å². The van der Waals surface area contributed by atoms with Gasteiger partial charge >= 0.3 is 5.69 Å². The Bertz CT molecular complexity index is 1140. The van der Waals surface area contributed by atoms with Gasteiger partial charge in [0.2, 0.25) is 0 Å². The number of hydrogen-bond donors (Lipinski definition) is 2. The van der Waals surface area contributed by atoms with E-state index in [-0.39, 0.29) is 16.5 Å². The van der Waals surface area contributed by atoms with E-state index in [2.05, 4.69) is 15.4 Å². The molecule has 3 aromatic rings. The van der Waals surface area contributed by atoms with Crippen molar-refractivity contribution >= 4 is 17.5 Å². The molecule has 0 radical (unpaired) electrons. The van der Waals surface area contributed by atoms with Crippen molar-refractivity contribution in [2.45, 2.75) is 13.3 Å². The maximum Gasteiger partial charge on any atom is 0.349 e. The Hall–Kier alpha value is -3.39. The van der Waals surface area contributed by atoms with Crippen LogP contribution >= 0.6 is 11.6 Å². The van der Waals surface area contributed by atoms with E-state index >= 15 is 0 Å². The third-order valence-electron chi connectivity index (χ3n) is 4.10. The van der Waals surface area contributed by atoms with Crippen molar-refractivity contribution < 1.29 is 9.53 Å². The van der Waals surface area contributed by atoms with Gasteiger partial charge in [-0.3, -0.25) is 14.6 Å². The second-order valence-corrected chi connectivity index (χ2v) is 6.47. The molecule has 3 rings (SSSR count). The lowest BCUT2D eigenvalue weighted by Crippen LogP contribution is -2.31.